The number of hydrogen-bond acceptors (Lipinski definition) is 4. The Hall–Kier alpha value is -4.46. The van der Waals surface area contributed by atoms with Crippen LogP contribution in [0.5, 0.6) is 0 Å². The van der Waals surface area contributed by atoms with E-state index in [-0.39, 0.29) is 6.03 Å². The average Bonchev–Trinajstić information content (AvgIpc) is 3.47. The van der Waals surface area contributed by atoms with Gasteiger partial charge < -0.3 is 15.6 Å². The number of nitrogens with zero attached hydrogens (tertiary/aromatic N) is 4. The number of nitrogens with one attached hydrogen (secondary N) is 3. The topological polar surface area (TPSA) is 101 Å². The monoisotopic (exact) mass is 423 g/mol. The summed E-state index contributed by atoms with van der Waals surface area (Å²) in [6.45, 7) is 2.83. The highest BCUT2D eigenvalue weighted by molar-refractivity contribution is 6.00. The van der Waals surface area contributed by atoms with Crippen LogP contribution in [-0.4, -0.2) is 30.8 Å². The van der Waals surface area contributed by atoms with Crippen LogP contribution in [0.25, 0.3) is 33.4 Å². The molecular weight excluding hydrogens is 402 g/mol. The quantitative estimate of drug-likeness (QED) is 0.364. The summed E-state index contributed by atoms with van der Waals surface area (Å²) in [5.41, 5.74) is 6.11. The smallest absolute Gasteiger partial charge is 0.323 e. The van der Waals surface area contributed by atoms with Crippen LogP contribution in [0.2, 0.25) is 0 Å². The largest absolute Gasteiger partial charge is 0.346 e. The van der Waals surface area contributed by atoms with Crippen LogP contribution in [0.4, 0.5) is 16.2 Å². The number of pyridine rings is 2. The number of carbonyl (C=O) groups is 1. The van der Waals surface area contributed by atoms with Crippen molar-refractivity contribution in [2.45, 2.75) is 13.5 Å². The van der Waals surface area contributed by atoms with Gasteiger partial charge in [0.15, 0.2) is 0 Å². The summed E-state index contributed by atoms with van der Waals surface area (Å²) in [6.07, 6.45) is 9.00. The first-order chi connectivity index (χ1) is 15.7. The van der Waals surface area contributed by atoms with E-state index < -0.39 is 0 Å². The van der Waals surface area contributed by atoms with Crippen molar-refractivity contribution in [2.75, 3.05) is 10.6 Å². The highest BCUT2D eigenvalue weighted by Gasteiger charge is 2.16. The van der Waals surface area contributed by atoms with Gasteiger partial charge in [-0.05, 0) is 48.9 Å². The predicted octanol–water partition coefficient (Wildman–Crippen LogP) is 5.15. The summed E-state index contributed by atoms with van der Waals surface area (Å²) in [6, 6.07) is 14.9. The molecule has 0 atom stereocenters. The van der Waals surface area contributed by atoms with Gasteiger partial charge in [-0.15, -0.1) is 0 Å². The molecule has 0 aliphatic rings. The highest BCUT2D eigenvalue weighted by Crippen LogP contribution is 2.35. The summed E-state index contributed by atoms with van der Waals surface area (Å²) >= 11 is 0. The maximum Gasteiger partial charge on any atom is 0.323 e. The van der Waals surface area contributed by atoms with E-state index in [1.807, 2.05) is 47.3 Å². The molecule has 3 N–H and O–H groups in total. The number of aromatic nitrogens is 5. The van der Waals surface area contributed by atoms with Crippen molar-refractivity contribution in [3.63, 3.8) is 0 Å². The lowest BCUT2D eigenvalue weighted by Crippen LogP contribution is -2.19. The average molecular weight is 423 g/mol. The van der Waals surface area contributed by atoms with Crippen molar-refractivity contribution >= 4 is 28.4 Å². The fourth-order valence-corrected chi connectivity index (χ4v) is 3.63. The molecular formula is C24H21N7O. The molecule has 32 heavy (non-hydrogen) atoms. The molecule has 5 rings (SSSR count). The number of rotatable bonds is 5. The normalized spacial score (nSPS) is 10.9. The van der Waals surface area contributed by atoms with Gasteiger partial charge in [-0.2, -0.15) is 5.10 Å². The van der Waals surface area contributed by atoms with Gasteiger partial charge >= 0.3 is 6.03 Å². The van der Waals surface area contributed by atoms with Crippen molar-refractivity contribution in [3.8, 4) is 22.4 Å². The number of aryl methyl sites for hydroxylation is 1. The Bertz CT molecular complexity index is 1370. The van der Waals surface area contributed by atoms with E-state index in [0.29, 0.717) is 11.4 Å². The van der Waals surface area contributed by atoms with Gasteiger partial charge in [0.25, 0.3) is 0 Å². The number of fused-ring (bicyclic) bond motifs is 1. The van der Waals surface area contributed by atoms with E-state index >= 15 is 0 Å². The van der Waals surface area contributed by atoms with Gasteiger partial charge in [0.2, 0.25) is 0 Å². The minimum absolute atomic E-state index is 0.326. The number of anilines is 2. The third-order valence-electron chi connectivity index (χ3n) is 5.17. The molecule has 0 saturated heterocycles. The number of H-pyrrole nitrogens is 1. The Morgan fingerprint density at radius 3 is 2.62 bits per heavy atom. The standard InChI is InChI=1S/C24H21N7O/c1-2-31-15-21(19-9-12-26-23-20(19)10-13-27-23)22(30-31)16-5-7-17(8-6-16)28-24(32)29-18-4-3-11-25-14-18/h3-15H,2H2,1H3,(H,26,27)(H2,28,29,32). The van der Waals surface area contributed by atoms with E-state index in [0.717, 1.165) is 40.0 Å². The van der Waals surface area contributed by atoms with Crippen LogP contribution in [0.3, 0.4) is 0 Å². The van der Waals surface area contributed by atoms with Crippen LogP contribution in [0.15, 0.2) is 79.5 Å². The number of urea groups is 1. The number of amides is 2. The predicted molar refractivity (Wildman–Crippen MR) is 125 cm³/mol. The zero-order chi connectivity index (χ0) is 21.9. The van der Waals surface area contributed by atoms with Crippen LogP contribution in [0, 0.1) is 0 Å². The molecule has 158 valence electrons. The van der Waals surface area contributed by atoms with E-state index in [1.165, 1.54) is 0 Å². The van der Waals surface area contributed by atoms with E-state index in [4.69, 9.17) is 5.10 Å². The zero-order valence-corrected chi connectivity index (χ0v) is 17.4. The van der Waals surface area contributed by atoms with Crippen molar-refractivity contribution < 1.29 is 4.79 Å². The molecule has 4 heterocycles. The lowest BCUT2D eigenvalue weighted by Gasteiger charge is -2.08. The van der Waals surface area contributed by atoms with Crippen LogP contribution >= 0.6 is 0 Å². The Morgan fingerprint density at radius 2 is 1.84 bits per heavy atom. The lowest BCUT2D eigenvalue weighted by atomic mass is 10.0. The molecule has 4 aromatic heterocycles. The van der Waals surface area contributed by atoms with Gasteiger partial charge in [0, 0.05) is 53.5 Å². The molecule has 0 fully saturated rings. The molecule has 0 aliphatic heterocycles. The van der Waals surface area contributed by atoms with Crippen molar-refractivity contribution in [3.05, 3.63) is 79.5 Å². The summed E-state index contributed by atoms with van der Waals surface area (Å²) in [7, 11) is 0. The Kier molecular flexibility index (Phi) is 5.09. The molecule has 0 spiro atoms. The fourth-order valence-electron chi connectivity index (χ4n) is 3.63. The minimum Gasteiger partial charge on any atom is -0.346 e. The van der Waals surface area contributed by atoms with E-state index in [1.54, 1.807) is 30.7 Å². The van der Waals surface area contributed by atoms with Gasteiger partial charge in [-0.3, -0.25) is 9.67 Å². The fraction of sp³-hybridized carbons (Fsp3) is 0.0833. The molecule has 1 aromatic carbocycles. The number of carbonyl (C=O) groups excluding carboxylic acids is 1. The maximum atomic E-state index is 12.2. The molecule has 5 aromatic rings. The van der Waals surface area contributed by atoms with Gasteiger partial charge in [-0.25, -0.2) is 9.78 Å². The summed E-state index contributed by atoms with van der Waals surface area (Å²) < 4.78 is 1.93. The second kappa shape index (κ2) is 8.35. The molecule has 0 unspecified atom stereocenters. The van der Waals surface area contributed by atoms with Gasteiger partial charge in [0.1, 0.15) is 11.3 Å². The second-order valence-electron chi connectivity index (χ2n) is 7.24. The first-order valence-corrected chi connectivity index (χ1v) is 10.3. The van der Waals surface area contributed by atoms with Crippen molar-refractivity contribution in [1.29, 1.82) is 0 Å². The molecule has 0 aliphatic carbocycles. The Morgan fingerprint density at radius 1 is 1.00 bits per heavy atom. The summed E-state index contributed by atoms with van der Waals surface area (Å²) in [5.74, 6) is 0. The zero-order valence-electron chi connectivity index (χ0n) is 17.4. The molecule has 0 radical (unpaired) electrons. The molecule has 8 heteroatoms. The number of benzene rings is 1. The summed E-state index contributed by atoms with van der Waals surface area (Å²) in [4.78, 5) is 23.8. The SMILES string of the molecule is CCn1cc(-c2ccnc3[nH]ccc23)c(-c2ccc(NC(=O)Nc3cccnc3)cc2)n1. The van der Waals surface area contributed by atoms with Crippen molar-refractivity contribution in [1.82, 2.24) is 24.7 Å². The number of aromatic amines is 1. The van der Waals surface area contributed by atoms with Gasteiger partial charge in [0.05, 0.1) is 11.9 Å². The van der Waals surface area contributed by atoms with Gasteiger partial charge in [-0.1, -0.05) is 12.1 Å². The minimum atomic E-state index is -0.326. The summed E-state index contributed by atoms with van der Waals surface area (Å²) in [5, 5.41) is 11.4. The first-order valence-electron chi connectivity index (χ1n) is 10.3. The van der Waals surface area contributed by atoms with Crippen LogP contribution in [0.1, 0.15) is 6.92 Å². The Balaban J connectivity index is 1.42. The van der Waals surface area contributed by atoms with Crippen LogP contribution < -0.4 is 10.6 Å². The third kappa shape index (κ3) is 3.81. The van der Waals surface area contributed by atoms with Crippen LogP contribution in [-0.2, 0) is 6.54 Å². The molecule has 2 amide bonds. The molecule has 8 nitrogen and oxygen atoms in total. The molecule has 0 bridgehead atoms. The van der Waals surface area contributed by atoms with E-state index in [9.17, 15) is 4.79 Å². The number of hydrogen-bond donors (Lipinski definition) is 3. The highest BCUT2D eigenvalue weighted by atomic mass is 16.2. The molecule has 0 saturated carbocycles. The lowest BCUT2D eigenvalue weighted by molar-refractivity contribution is 0.262. The first kappa shape index (κ1) is 19.5. The van der Waals surface area contributed by atoms with E-state index in [2.05, 4.69) is 38.7 Å². The maximum absolute atomic E-state index is 12.2. The Labute approximate surface area is 184 Å². The second-order valence-corrected chi connectivity index (χ2v) is 7.24. The van der Waals surface area contributed by atoms with Crippen molar-refractivity contribution in [2.24, 2.45) is 0 Å². The third-order valence-corrected chi connectivity index (χ3v) is 5.17.